The summed E-state index contributed by atoms with van der Waals surface area (Å²) in [5, 5.41) is 8.15. The lowest BCUT2D eigenvalue weighted by Crippen LogP contribution is -2.14. The summed E-state index contributed by atoms with van der Waals surface area (Å²) in [5.74, 6) is 0.152. The van der Waals surface area contributed by atoms with Gasteiger partial charge in [-0.1, -0.05) is 57.3 Å². The normalized spacial score (nSPS) is 10.9. The van der Waals surface area contributed by atoms with Gasteiger partial charge >= 0.3 is 0 Å². The van der Waals surface area contributed by atoms with Gasteiger partial charge in [0.05, 0.1) is 15.7 Å². The lowest BCUT2D eigenvalue weighted by Gasteiger charge is -2.07. The molecule has 0 aliphatic heterocycles. The Balaban J connectivity index is 1.76. The Bertz CT molecular complexity index is 1290. The van der Waals surface area contributed by atoms with E-state index in [2.05, 4.69) is 31.3 Å². The first-order valence-corrected chi connectivity index (χ1v) is 10.9. The molecule has 4 rings (SSSR count). The summed E-state index contributed by atoms with van der Waals surface area (Å²) in [5.41, 5.74) is 4.36. The van der Waals surface area contributed by atoms with Gasteiger partial charge in [0.1, 0.15) is 0 Å². The third kappa shape index (κ3) is 4.66. The number of benzene rings is 3. The van der Waals surface area contributed by atoms with Crippen LogP contribution in [0.1, 0.15) is 21.7 Å². The average molecular weight is 516 g/mol. The summed E-state index contributed by atoms with van der Waals surface area (Å²) in [6.07, 6.45) is 0. The summed E-state index contributed by atoms with van der Waals surface area (Å²) in [4.78, 5) is 17.4. The molecular weight excluding hydrogens is 499 g/mol. The van der Waals surface area contributed by atoms with Gasteiger partial charge in [-0.05, 0) is 67.4 Å². The summed E-state index contributed by atoms with van der Waals surface area (Å²) in [6, 6.07) is 18.5. The Labute approximate surface area is 198 Å². The number of rotatable bonds is 4. The number of nitrogens with zero attached hydrogens (tertiary/aromatic N) is 3. The number of aryl methyl sites for hydroxylation is 2. The highest BCUT2D eigenvalue weighted by Gasteiger charge is 2.19. The van der Waals surface area contributed by atoms with Crippen LogP contribution in [0.4, 0.5) is 5.69 Å². The zero-order valence-corrected chi connectivity index (χ0v) is 19.8. The molecule has 3 aromatic carbocycles. The topological polar surface area (TPSA) is 59.8 Å². The molecule has 1 heterocycles. The fourth-order valence-corrected chi connectivity index (χ4v) is 3.55. The van der Waals surface area contributed by atoms with E-state index in [1.54, 1.807) is 22.9 Å². The molecule has 156 valence electrons. The standard InChI is InChI=1S/C23H17BrCl2N4O/c1-13-3-8-17(11-14(13)2)27-23(31)21-28-22(15-4-6-16(24)7-5-15)30(29-21)18-9-10-19(25)20(26)12-18/h3-12H,1-2H3,(H,27,31). The van der Waals surface area contributed by atoms with E-state index >= 15 is 0 Å². The zero-order chi connectivity index (χ0) is 22.1. The number of carbonyl (C=O) groups is 1. The van der Waals surface area contributed by atoms with Crippen LogP contribution in [0.15, 0.2) is 65.1 Å². The zero-order valence-electron chi connectivity index (χ0n) is 16.7. The average Bonchev–Trinajstić information content (AvgIpc) is 3.19. The SMILES string of the molecule is Cc1ccc(NC(=O)c2nc(-c3ccc(Br)cc3)n(-c3ccc(Cl)c(Cl)c3)n2)cc1C. The van der Waals surface area contributed by atoms with Crippen LogP contribution < -0.4 is 5.32 Å². The molecule has 0 radical (unpaired) electrons. The number of carbonyl (C=O) groups excluding carboxylic acids is 1. The van der Waals surface area contributed by atoms with Gasteiger partial charge in [-0.15, -0.1) is 5.10 Å². The lowest BCUT2D eigenvalue weighted by molar-refractivity contribution is 0.101. The van der Waals surface area contributed by atoms with Crippen molar-refractivity contribution in [3.63, 3.8) is 0 Å². The largest absolute Gasteiger partial charge is 0.319 e. The van der Waals surface area contributed by atoms with E-state index in [0.717, 1.165) is 21.2 Å². The molecule has 0 bridgehead atoms. The molecule has 0 unspecified atom stereocenters. The van der Waals surface area contributed by atoms with Crippen LogP contribution in [-0.2, 0) is 0 Å². The molecule has 5 nitrogen and oxygen atoms in total. The minimum atomic E-state index is -0.402. The number of halogens is 3. The van der Waals surface area contributed by atoms with Crippen molar-refractivity contribution in [1.29, 1.82) is 0 Å². The van der Waals surface area contributed by atoms with Crippen LogP contribution in [0.5, 0.6) is 0 Å². The Morgan fingerprint density at radius 3 is 2.35 bits per heavy atom. The van der Waals surface area contributed by atoms with Crippen molar-refractivity contribution in [3.8, 4) is 17.1 Å². The minimum absolute atomic E-state index is 0.0437. The number of anilines is 1. The summed E-state index contributed by atoms with van der Waals surface area (Å²) in [6.45, 7) is 4.01. The molecule has 0 aliphatic carbocycles. The third-order valence-corrected chi connectivity index (χ3v) is 6.09. The van der Waals surface area contributed by atoms with E-state index < -0.39 is 5.91 Å². The van der Waals surface area contributed by atoms with Crippen LogP contribution in [-0.4, -0.2) is 20.7 Å². The fourth-order valence-electron chi connectivity index (χ4n) is 3.00. The maximum atomic E-state index is 12.9. The second kappa shape index (κ2) is 8.83. The van der Waals surface area contributed by atoms with Crippen LogP contribution >= 0.6 is 39.1 Å². The van der Waals surface area contributed by atoms with Gasteiger partial charge < -0.3 is 5.32 Å². The molecular formula is C23H17BrCl2N4O. The second-order valence-electron chi connectivity index (χ2n) is 7.03. The van der Waals surface area contributed by atoms with E-state index in [0.29, 0.717) is 27.2 Å². The summed E-state index contributed by atoms with van der Waals surface area (Å²) in [7, 11) is 0. The van der Waals surface area contributed by atoms with Crippen LogP contribution in [0, 0.1) is 13.8 Å². The van der Waals surface area contributed by atoms with Crippen LogP contribution in [0.3, 0.4) is 0 Å². The van der Waals surface area contributed by atoms with E-state index in [1.165, 1.54) is 0 Å². The van der Waals surface area contributed by atoms with Crippen molar-refractivity contribution in [1.82, 2.24) is 14.8 Å². The van der Waals surface area contributed by atoms with E-state index in [4.69, 9.17) is 23.2 Å². The Kier molecular flexibility index (Phi) is 6.14. The van der Waals surface area contributed by atoms with Gasteiger partial charge in [0, 0.05) is 15.7 Å². The molecule has 0 fully saturated rings. The number of amides is 1. The second-order valence-corrected chi connectivity index (χ2v) is 8.76. The maximum absolute atomic E-state index is 12.9. The molecule has 0 aliphatic rings. The smallest absolute Gasteiger partial charge is 0.295 e. The molecule has 1 aromatic heterocycles. The minimum Gasteiger partial charge on any atom is -0.319 e. The number of hydrogen-bond acceptors (Lipinski definition) is 3. The van der Waals surface area contributed by atoms with Crippen molar-refractivity contribution in [3.05, 3.63) is 92.1 Å². The number of aromatic nitrogens is 3. The van der Waals surface area contributed by atoms with E-state index in [-0.39, 0.29) is 5.82 Å². The van der Waals surface area contributed by atoms with Crippen LogP contribution in [0.25, 0.3) is 17.1 Å². The van der Waals surface area contributed by atoms with Gasteiger partial charge in [0.15, 0.2) is 5.82 Å². The van der Waals surface area contributed by atoms with E-state index in [9.17, 15) is 4.79 Å². The molecule has 1 amide bonds. The highest BCUT2D eigenvalue weighted by Crippen LogP contribution is 2.28. The highest BCUT2D eigenvalue weighted by atomic mass is 79.9. The summed E-state index contributed by atoms with van der Waals surface area (Å²) < 4.78 is 2.52. The first kappa shape index (κ1) is 21.6. The molecule has 0 saturated heterocycles. The van der Waals surface area contributed by atoms with E-state index in [1.807, 2.05) is 56.3 Å². The molecule has 4 aromatic rings. The van der Waals surface area contributed by atoms with Crippen molar-refractivity contribution >= 4 is 50.7 Å². The fraction of sp³-hybridized carbons (Fsp3) is 0.0870. The first-order chi connectivity index (χ1) is 14.8. The maximum Gasteiger partial charge on any atom is 0.295 e. The molecule has 1 N–H and O–H groups in total. The third-order valence-electron chi connectivity index (χ3n) is 4.83. The van der Waals surface area contributed by atoms with Gasteiger partial charge in [0.2, 0.25) is 5.82 Å². The molecule has 0 spiro atoms. The molecule has 8 heteroatoms. The summed E-state index contributed by atoms with van der Waals surface area (Å²) >= 11 is 15.7. The van der Waals surface area contributed by atoms with Gasteiger partial charge in [-0.3, -0.25) is 4.79 Å². The highest BCUT2D eigenvalue weighted by molar-refractivity contribution is 9.10. The van der Waals surface area contributed by atoms with Gasteiger partial charge in [-0.2, -0.15) is 0 Å². The molecule has 31 heavy (non-hydrogen) atoms. The quantitative estimate of drug-likeness (QED) is 0.322. The molecule has 0 atom stereocenters. The Hall–Kier alpha value is -2.67. The van der Waals surface area contributed by atoms with Gasteiger partial charge in [-0.25, -0.2) is 9.67 Å². The van der Waals surface area contributed by atoms with Gasteiger partial charge in [0.25, 0.3) is 5.91 Å². The first-order valence-electron chi connectivity index (χ1n) is 9.39. The predicted molar refractivity (Wildman–Crippen MR) is 128 cm³/mol. The monoisotopic (exact) mass is 514 g/mol. The van der Waals surface area contributed by atoms with Crippen molar-refractivity contribution in [2.45, 2.75) is 13.8 Å². The number of hydrogen-bond donors (Lipinski definition) is 1. The van der Waals surface area contributed by atoms with Crippen molar-refractivity contribution in [2.24, 2.45) is 0 Å². The van der Waals surface area contributed by atoms with Crippen molar-refractivity contribution < 1.29 is 4.79 Å². The van der Waals surface area contributed by atoms with Crippen LogP contribution in [0.2, 0.25) is 10.0 Å². The molecule has 0 saturated carbocycles. The predicted octanol–water partition coefficient (Wildman–Crippen LogP) is 6.87. The Morgan fingerprint density at radius 1 is 0.935 bits per heavy atom. The Morgan fingerprint density at radius 2 is 1.68 bits per heavy atom. The number of nitrogens with one attached hydrogen (secondary N) is 1. The van der Waals surface area contributed by atoms with Crippen molar-refractivity contribution in [2.75, 3.05) is 5.32 Å². The lowest BCUT2D eigenvalue weighted by atomic mass is 10.1.